The minimum absolute atomic E-state index is 0.213. The molecule has 20 heavy (non-hydrogen) atoms. The lowest BCUT2D eigenvalue weighted by Crippen LogP contribution is -2.35. The Kier molecular flexibility index (Phi) is 3.06. The molecule has 0 radical (unpaired) electrons. The van der Waals surface area contributed by atoms with Crippen molar-refractivity contribution in [3.63, 3.8) is 0 Å². The van der Waals surface area contributed by atoms with E-state index in [1.165, 1.54) is 15.9 Å². The number of nitrogens with one attached hydrogen (secondary N) is 1. The van der Waals surface area contributed by atoms with Crippen molar-refractivity contribution in [3.8, 4) is 0 Å². The van der Waals surface area contributed by atoms with Gasteiger partial charge >= 0.3 is 5.69 Å². The highest BCUT2D eigenvalue weighted by Crippen LogP contribution is 2.24. The van der Waals surface area contributed by atoms with Crippen LogP contribution in [0.15, 0.2) is 39.9 Å². The molecular weight excluding hydrogens is 272 g/mol. The van der Waals surface area contributed by atoms with Gasteiger partial charge in [-0.2, -0.15) is 0 Å². The van der Waals surface area contributed by atoms with Gasteiger partial charge < -0.3 is 0 Å². The number of nitrogens with zero attached hydrogens (tertiary/aromatic N) is 1. The van der Waals surface area contributed by atoms with Crippen molar-refractivity contribution in [2.24, 2.45) is 0 Å². The summed E-state index contributed by atoms with van der Waals surface area (Å²) in [6.45, 7) is 4.17. The van der Waals surface area contributed by atoms with Crippen molar-refractivity contribution >= 4 is 21.6 Å². The standard InChI is InChI=1S/C15H14N2O2S/c1-9-10(2)20-13-12(9)14(18)17(15(19)16-13)8-11-6-4-3-5-7-11/h3-7H,8H2,1-2H3,(H,16,19). The third-order valence-corrected chi connectivity index (χ3v) is 4.62. The first kappa shape index (κ1) is 12.9. The van der Waals surface area contributed by atoms with Crippen LogP contribution in [0.4, 0.5) is 0 Å². The molecule has 2 aromatic heterocycles. The number of benzene rings is 1. The average molecular weight is 286 g/mol. The lowest BCUT2D eigenvalue weighted by molar-refractivity contribution is 0.712. The summed E-state index contributed by atoms with van der Waals surface area (Å²) in [6, 6.07) is 9.51. The Balaban J connectivity index is 2.24. The van der Waals surface area contributed by atoms with Crippen molar-refractivity contribution < 1.29 is 0 Å². The first-order valence-electron chi connectivity index (χ1n) is 6.34. The van der Waals surface area contributed by atoms with Crippen LogP contribution in [0.5, 0.6) is 0 Å². The van der Waals surface area contributed by atoms with Crippen LogP contribution in [-0.4, -0.2) is 9.55 Å². The molecule has 0 saturated heterocycles. The topological polar surface area (TPSA) is 54.9 Å². The quantitative estimate of drug-likeness (QED) is 0.786. The number of hydrogen-bond acceptors (Lipinski definition) is 3. The minimum atomic E-state index is -0.354. The predicted octanol–water partition coefficient (Wildman–Crippen LogP) is 2.42. The van der Waals surface area contributed by atoms with Crippen LogP contribution in [0.3, 0.4) is 0 Å². The second kappa shape index (κ2) is 4.76. The van der Waals surface area contributed by atoms with E-state index in [1.54, 1.807) is 0 Å². The number of thiophene rings is 1. The fraction of sp³-hybridized carbons (Fsp3) is 0.200. The molecule has 0 aliphatic carbocycles. The molecule has 0 spiro atoms. The summed E-state index contributed by atoms with van der Waals surface area (Å²) >= 11 is 1.45. The summed E-state index contributed by atoms with van der Waals surface area (Å²) < 4.78 is 1.26. The molecule has 0 fully saturated rings. The highest BCUT2D eigenvalue weighted by Gasteiger charge is 2.13. The smallest absolute Gasteiger partial charge is 0.298 e. The van der Waals surface area contributed by atoms with Gasteiger partial charge in [0, 0.05) is 4.88 Å². The second-order valence-electron chi connectivity index (χ2n) is 4.79. The number of hydrogen-bond donors (Lipinski definition) is 1. The molecule has 3 aromatic rings. The molecule has 0 bridgehead atoms. The molecule has 5 heteroatoms. The number of aromatic nitrogens is 2. The third kappa shape index (κ3) is 2.00. The Morgan fingerprint density at radius 2 is 1.85 bits per heavy atom. The second-order valence-corrected chi connectivity index (χ2v) is 6.02. The van der Waals surface area contributed by atoms with Gasteiger partial charge in [-0.25, -0.2) is 4.79 Å². The van der Waals surface area contributed by atoms with Crippen LogP contribution in [-0.2, 0) is 6.54 Å². The Morgan fingerprint density at radius 3 is 2.55 bits per heavy atom. The van der Waals surface area contributed by atoms with Crippen molar-refractivity contribution in [1.82, 2.24) is 9.55 Å². The first-order valence-corrected chi connectivity index (χ1v) is 7.16. The maximum absolute atomic E-state index is 12.5. The van der Waals surface area contributed by atoms with Gasteiger partial charge in [-0.05, 0) is 25.0 Å². The van der Waals surface area contributed by atoms with E-state index in [1.807, 2.05) is 44.2 Å². The van der Waals surface area contributed by atoms with E-state index in [0.717, 1.165) is 16.0 Å². The van der Waals surface area contributed by atoms with Crippen LogP contribution >= 0.6 is 11.3 Å². The Labute approximate surface area is 119 Å². The Bertz CT molecular complexity index is 888. The summed E-state index contributed by atoms with van der Waals surface area (Å²) in [5.74, 6) is 0. The van der Waals surface area contributed by atoms with Gasteiger partial charge in [0.15, 0.2) is 0 Å². The number of fused-ring (bicyclic) bond motifs is 1. The van der Waals surface area contributed by atoms with Crippen LogP contribution in [0, 0.1) is 13.8 Å². The van der Waals surface area contributed by atoms with E-state index in [0.29, 0.717) is 16.8 Å². The van der Waals surface area contributed by atoms with E-state index in [2.05, 4.69) is 4.98 Å². The van der Waals surface area contributed by atoms with E-state index in [-0.39, 0.29) is 11.2 Å². The molecule has 0 aliphatic rings. The van der Waals surface area contributed by atoms with Crippen LogP contribution < -0.4 is 11.2 Å². The lowest BCUT2D eigenvalue weighted by Gasteiger charge is -2.05. The molecule has 1 N–H and O–H groups in total. The third-order valence-electron chi connectivity index (χ3n) is 3.49. The lowest BCUT2D eigenvalue weighted by atomic mass is 10.2. The fourth-order valence-electron chi connectivity index (χ4n) is 2.27. The van der Waals surface area contributed by atoms with E-state index in [9.17, 15) is 9.59 Å². The van der Waals surface area contributed by atoms with Crippen LogP contribution in [0.25, 0.3) is 10.2 Å². The molecule has 3 rings (SSSR count). The minimum Gasteiger partial charge on any atom is -0.298 e. The predicted molar refractivity (Wildman–Crippen MR) is 81.7 cm³/mol. The number of aryl methyl sites for hydroxylation is 2. The van der Waals surface area contributed by atoms with Gasteiger partial charge in [0.2, 0.25) is 0 Å². The van der Waals surface area contributed by atoms with Gasteiger partial charge in [0.1, 0.15) is 4.83 Å². The molecule has 0 unspecified atom stereocenters. The monoisotopic (exact) mass is 286 g/mol. The van der Waals surface area contributed by atoms with E-state index in [4.69, 9.17) is 0 Å². The normalized spacial score (nSPS) is 11.1. The average Bonchev–Trinajstić information content (AvgIpc) is 2.71. The van der Waals surface area contributed by atoms with Crippen molar-refractivity contribution in [2.45, 2.75) is 20.4 Å². The molecule has 2 heterocycles. The molecule has 0 atom stereocenters. The zero-order chi connectivity index (χ0) is 14.3. The zero-order valence-electron chi connectivity index (χ0n) is 11.3. The molecule has 0 saturated carbocycles. The highest BCUT2D eigenvalue weighted by molar-refractivity contribution is 7.18. The van der Waals surface area contributed by atoms with Gasteiger partial charge in [0.25, 0.3) is 5.56 Å². The number of aromatic amines is 1. The summed E-state index contributed by atoms with van der Waals surface area (Å²) in [5.41, 5.74) is 1.32. The number of rotatable bonds is 2. The summed E-state index contributed by atoms with van der Waals surface area (Å²) in [7, 11) is 0. The Hall–Kier alpha value is -2.14. The van der Waals surface area contributed by atoms with Crippen LogP contribution in [0.2, 0.25) is 0 Å². The molecule has 102 valence electrons. The fourth-order valence-corrected chi connectivity index (χ4v) is 3.32. The molecule has 0 amide bonds. The largest absolute Gasteiger partial charge is 0.329 e. The van der Waals surface area contributed by atoms with Crippen molar-refractivity contribution in [2.75, 3.05) is 0 Å². The van der Waals surface area contributed by atoms with Crippen molar-refractivity contribution in [3.05, 3.63) is 67.2 Å². The first-order chi connectivity index (χ1) is 9.58. The SMILES string of the molecule is Cc1sc2[nH]c(=O)n(Cc3ccccc3)c(=O)c2c1C. The maximum Gasteiger partial charge on any atom is 0.329 e. The molecule has 1 aromatic carbocycles. The summed E-state index contributed by atoms with van der Waals surface area (Å²) in [4.78, 5) is 29.2. The van der Waals surface area contributed by atoms with Gasteiger partial charge in [-0.3, -0.25) is 14.3 Å². The molecule has 4 nitrogen and oxygen atoms in total. The van der Waals surface area contributed by atoms with Gasteiger partial charge in [0.05, 0.1) is 11.9 Å². The van der Waals surface area contributed by atoms with E-state index >= 15 is 0 Å². The summed E-state index contributed by atoms with van der Waals surface area (Å²) in [6.07, 6.45) is 0. The molecular formula is C15H14N2O2S. The van der Waals surface area contributed by atoms with Gasteiger partial charge in [-0.1, -0.05) is 30.3 Å². The molecule has 0 aliphatic heterocycles. The van der Waals surface area contributed by atoms with Crippen LogP contribution in [0.1, 0.15) is 16.0 Å². The number of H-pyrrole nitrogens is 1. The zero-order valence-corrected chi connectivity index (χ0v) is 12.1. The van der Waals surface area contributed by atoms with E-state index < -0.39 is 0 Å². The Morgan fingerprint density at radius 1 is 1.15 bits per heavy atom. The van der Waals surface area contributed by atoms with Gasteiger partial charge in [-0.15, -0.1) is 11.3 Å². The van der Waals surface area contributed by atoms with Crippen molar-refractivity contribution in [1.29, 1.82) is 0 Å². The maximum atomic E-state index is 12.5. The summed E-state index contributed by atoms with van der Waals surface area (Å²) in [5, 5.41) is 0.628. The highest BCUT2D eigenvalue weighted by atomic mass is 32.1.